The summed E-state index contributed by atoms with van der Waals surface area (Å²) in [6, 6.07) is 19.5. The highest BCUT2D eigenvalue weighted by Gasteiger charge is 2.46. The highest BCUT2D eigenvalue weighted by Crippen LogP contribution is 2.26. The smallest absolute Gasteiger partial charge is 0.186 e. The lowest BCUT2D eigenvalue weighted by molar-refractivity contribution is -0.311. The fourth-order valence-corrected chi connectivity index (χ4v) is 4.30. The van der Waals surface area contributed by atoms with E-state index >= 15 is 0 Å². The molecule has 1 saturated heterocycles. The quantitative estimate of drug-likeness (QED) is 0.201. The molecule has 3 rings (SSSR count). The second kappa shape index (κ2) is 15.0. The van der Waals surface area contributed by atoms with Gasteiger partial charge < -0.3 is 29.2 Å². The molecule has 1 heterocycles. The number of aliphatic hydroxyl groups excluding tert-OH is 2. The van der Waals surface area contributed by atoms with Gasteiger partial charge in [-0.3, -0.25) is 0 Å². The van der Waals surface area contributed by atoms with Crippen molar-refractivity contribution in [3.05, 3.63) is 71.8 Å². The summed E-state index contributed by atoms with van der Waals surface area (Å²) >= 11 is 2.39. The van der Waals surface area contributed by atoms with E-state index in [0.717, 1.165) is 34.8 Å². The van der Waals surface area contributed by atoms with Crippen LogP contribution in [-0.4, -0.2) is 58.6 Å². The number of unbranched alkanes of at least 4 members (excludes halogenated alkanes) is 3. The van der Waals surface area contributed by atoms with Crippen molar-refractivity contribution in [3.8, 4) is 0 Å². The predicted molar refractivity (Wildman–Crippen MR) is 135 cm³/mol. The minimum Gasteiger partial charge on any atom is -0.387 e. The molecule has 5 atom stereocenters. The third kappa shape index (κ3) is 8.90. The van der Waals surface area contributed by atoms with Crippen molar-refractivity contribution < 1.29 is 29.2 Å². The number of alkyl halides is 1. The number of benzene rings is 2. The van der Waals surface area contributed by atoms with Crippen molar-refractivity contribution in [2.24, 2.45) is 0 Å². The molecule has 2 aromatic rings. The lowest BCUT2D eigenvalue weighted by Crippen LogP contribution is -2.60. The predicted octanol–water partition coefficient (Wildman–Crippen LogP) is 4.25. The Bertz CT molecular complexity index is 762. The largest absolute Gasteiger partial charge is 0.387 e. The Hall–Kier alpha value is -1.07. The van der Waals surface area contributed by atoms with Crippen LogP contribution >= 0.6 is 22.6 Å². The summed E-state index contributed by atoms with van der Waals surface area (Å²) in [6.07, 6.45) is -0.169. The average Bonchev–Trinajstić information content (AvgIpc) is 2.85. The fourth-order valence-electron chi connectivity index (χ4n) is 3.76. The molecule has 0 spiro atoms. The van der Waals surface area contributed by atoms with E-state index in [0.29, 0.717) is 13.2 Å². The van der Waals surface area contributed by atoms with Crippen LogP contribution in [-0.2, 0) is 32.2 Å². The van der Waals surface area contributed by atoms with Crippen molar-refractivity contribution in [3.63, 3.8) is 0 Å². The molecule has 2 N–H and O–H groups in total. The molecular formula is C26H35IO6. The average molecular weight is 570 g/mol. The minimum absolute atomic E-state index is 0.170. The summed E-state index contributed by atoms with van der Waals surface area (Å²) in [5.74, 6) is 0. The summed E-state index contributed by atoms with van der Waals surface area (Å²) < 4.78 is 24.7. The van der Waals surface area contributed by atoms with Crippen LogP contribution in [0, 0.1) is 0 Å². The molecule has 2 aromatic carbocycles. The zero-order chi connectivity index (χ0) is 23.3. The number of aliphatic hydroxyl groups is 2. The van der Waals surface area contributed by atoms with E-state index in [1.54, 1.807) is 0 Å². The second-order valence-corrected chi connectivity index (χ2v) is 9.34. The summed E-state index contributed by atoms with van der Waals surface area (Å²) in [4.78, 5) is 0. The SMILES string of the molecule is OC1C(OCc2ccccc2)[C@H](O)C(COCc2ccccc2)O[C@H]1OCCCCCCI. The molecule has 7 heteroatoms. The molecule has 0 aromatic heterocycles. The molecule has 1 aliphatic heterocycles. The molecule has 0 saturated carbocycles. The molecule has 182 valence electrons. The molecule has 0 aliphatic carbocycles. The first kappa shape index (κ1) is 26.5. The Morgan fingerprint density at radius 2 is 1.39 bits per heavy atom. The molecule has 33 heavy (non-hydrogen) atoms. The molecule has 3 unspecified atom stereocenters. The zero-order valence-electron chi connectivity index (χ0n) is 18.9. The number of halogens is 1. The van der Waals surface area contributed by atoms with Crippen LogP contribution in [0.1, 0.15) is 36.8 Å². The van der Waals surface area contributed by atoms with Crippen LogP contribution in [0.3, 0.4) is 0 Å². The normalized spacial score (nSPS) is 25.2. The van der Waals surface area contributed by atoms with Crippen LogP contribution in [0.15, 0.2) is 60.7 Å². The third-order valence-electron chi connectivity index (χ3n) is 5.63. The van der Waals surface area contributed by atoms with Gasteiger partial charge in [0.15, 0.2) is 6.29 Å². The molecule has 0 amide bonds. The van der Waals surface area contributed by atoms with E-state index in [9.17, 15) is 10.2 Å². The maximum atomic E-state index is 10.9. The Morgan fingerprint density at radius 1 is 0.758 bits per heavy atom. The van der Waals surface area contributed by atoms with E-state index in [4.69, 9.17) is 18.9 Å². The molecule has 0 radical (unpaired) electrons. The van der Waals surface area contributed by atoms with Crippen molar-refractivity contribution in [2.75, 3.05) is 17.6 Å². The first-order valence-corrected chi connectivity index (χ1v) is 13.2. The van der Waals surface area contributed by atoms with Crippen LogP contribution in [0.5, 0.6) is 0 Å². The van der Waals surface area contributed by atoms with Gasteiger partial charge in [0, 0.05) is 6.61 Å². The maximum absolute atomic E-state index is 10.9. The summed E-state index contributed by atoms with van der Waals surface area (Å²) in [7, 11) is 0. The lowest BCUT2D eigenvalue weighted by atomic mass is 9.98. The summed E-state index contributed by atoms with van der Waals surface area (Å²) in [5.41, 5.74) is 2.01. The number of hydrogen-bond acceptors (Lipinski definition) is 6. The van der Waals surface area contributed by atoms with E-state index in [2.05, 4.69) is 22.6 Å². The number of ether oxygens (including phenoxy) is 4. The van der Waals surface area contributed by atoms with E-state index < -0.39 is 30.7 Å². The first-order valence-electron chi connectivity index (χ1n) is 11.7. The van der Waals surface area contributed by atoms with Crippen LogP contribution in [0.25, 0.3) is 0 Å². The van der Waals surface area contributed by atoms with Crippen LogP contribution < -0.4 is 0 Å². The highest BCUT2D eigenvalue weighted by molar-refractivity contribution is 14.1. The van der Waals surface area contributed by atoms with Crippen molar-refractivity contribution in [1.29, 1.82) is 0 Å². The molecule has 1 aliphatic rings. The van der Waals surface area contributed by atoms with Crippen LogP contribution in [0.2, 0.25) is 0 Å². The Kier molecular flexibility index (Phi) is 12.1. The topological polar surface area (TPSA) is 77.4 Å². The molecule has 1 fully saturated rings. The van der Waals surface area contributed by atoms with Gasteiger partial charge in [-0.05, 0) is 28.4 Å². The first-order chi connectivity index (χ1) is 16.2. The zero-order valence-corrected chi connectivity index (χ0v) is 21.1. The lowest BCUT2D eigenvalue weighted by Gasteiger charge is -2.42. The van der Waals surface area contributed by atoms with Gasteiger partial charge >= 0.3 is 0 Å². The van der Waals surface area contributed by atoms with Gasteiger partial charge in [0.25, 0.3) is 0 Å². The van der Waals surface area contributed by atoms with Gasteiger partial charge in [-0.1, -0.05) is 96.1 Å². The van der Waals surface area contributed by atoms with Gasteiger partial charge in [0.05, 0.1) is 19.8 Å². The van der Waals surface area contributed by atoms with Crippen molar-refractivity contribution >= 4 is 22.6 Å². The van der Waals surface area contributed by atoms with Gasteiger partial charge in [-0.25, -0.2) is 0 Å². The highest BCUT2D eigenvalue weighted by atomic mass is 127. The van der Waals surface area contributed by atoms with Crippen molar-refractivity contribution in [1.82, 2.24) is 0 Å². The number of rotatable bonds is 14. The van der Waals surface area contributed by atoms with Crippen molar-refractivity contribution in [2.45, 2.75) is 69.6 Å². The third-order valence-corrected chi connectivity index (χ3v) is 6.39. The monoisotopic (exact) mass is 570 g/mol. The standard InChI is InChI=1S/C26H35IO6/c27-15-9-1-2-10-16-31-26-24(29)25(32-18-21-13-7-4-8-14-21)23(28)22(33-26)19-30-17-20-11-5-3-6-12-20/h3-8,11-14,22-26,28-29H,1-2,9-10,15-19H2/t22?,23-,24?,25?,26-/m1/s1. The maximum Gasteiger partial charge on any atom is 0.186 e. The van der Waals surface area contributed by atoms with Gasteiger partial charge in [-0.15, -0.1) is 0 Å². The van der Waals surface area contributed by atoms with E-state index in [1.807, 2.05) is 60.7 Å². The van der Waals surface area contributed by atoms with Gasteiger partial charge in [-0.2, -0.15) is 0 Å². The van der Waals surface area contributed by atoms with Crippen LogP contribution in [0.4, 0.5) is 0 Å². The summed E-state index contributed by atoms with van der Waals surface area (Å²) in [6.45, 7) is 1.35. The Morgan fingerprint density at radius 3 is 2.06 bits per heavy atom. The second-order valence-electron chi connectivity index (χ2n) is 8.26. The minimum atomic E-state index is -1.09. The summed E-state index contributed by atoms with van der Waals surface area (Å²) in [5, 5.41) is 21.8. The molecule has 6 nitrogen and oxygen atoms in total. The Balaban J connectivity index is 1.57. The Labute approximate surface area is 210 Å². The molecular weight excluding hydrogens is 535 g/mol. The van der Waals surface area contributed by atoms with E-state index in [1.165, 1.54) is 6.42 Å². The van der Waals surface area contributed by atoms with Gasteiger partial charge in [0.1, 0.15) is 24.4 Å². The fraction of sp³-hybridized carbons (Fsp3) is 0.538. The van der Waals surface area contributed by atoms with E-state index in [-0.39, 0.29) is 13.2 Å². The number of hydrogen-bond donors (Lipinski definition) is 2. The van der Waals surface area contributed by atoms with Gasteiger partial charge in [0.2, 0.25) is 0 Å². The molecule has 0 bridgehead atoms.